The Kier molecular flexibility index (Phi) is 12.1. The second-order valence-electron chi connectivity index (χ2n) is 11.7. The van der Waals surface area contributed by atoms with E-state index in [0.29, 0.717) is 12.5 Å². The maximum atomic E-state index is 11.3. The molecule has 2 fully saturated rings. The lowest BCUT2D eigenvalue weighted by Crippen LogP contribution is -2.45. The van der Waals surface area contributed by atoms with Crippen molar-refractivity contribution in [2.45, 2.75) is 129 Å². The first-order chi connectivity index (χ1) is 17.0. The van der Waals surface area contributed by atoms with Gasteiger partial charge in [0, 0.05) is 24.3 Å². The number of carbonyl (C=O) groups excluding carboxylic acids is 1. The molecule has 7 heteroatoms. The Morgan fingerprint density at radius 2 is 1.94 bits per heavy atom. The van der Waals surface area contributed by atoms with Gasteiger partial charge >= 0.3 is 0 Å². The summed E-state index contributed by atoms with van der Waals surface area (Å²) in [5.74, 6) is 0.0491. The molecule has 0 aromatic heterocycles. The van der Waals surface area contributed by atoms with Gasteiger partial charge in [0.15, 0.2) is 6.29 Å². The Balaban J connectivity index is 2.09. The molecule has 1 N–H and O–H groups in total. The van der Waals surface area contributed by atoms with Crippen LogP contribution in [0, 0.1) is 17.8 Å². The standard InChI is InChI=1S/C29H52N2O5/c1-10-19(2)12-11-13-21(4)27(30-33)23(6)29(7)28(36-29)25(15-14-20(3)18-32)35-26-17-24(31(8)9)16-22(5)34-26/h18,20-26,28,33H,2,10-17H2,1,3-9H3/b30-27-/t20?,21?,22?,23-,24?,25+,26?,28?,29?/m0/s1. The number of carbonyl (C=O) groups is 1. The summed E-state index contributed by atoms with van der Waals surface area (Å²) < 4.78 is 19.1. The Labute approximate surface area is 219 Å². The topological polar surface area (TPSA) is 83.9 Å². The maximum absolute atomic E-state index is 11.3. The summed E-state index contributed by atoms with van der Waals surface area (Å²) in [7, 11) is 4.20. The largest absolute Gasteiger partial charge is 0.411 e. The van der Waals surface area contributed by atoms with Crippen LogP contribution < -0.4 is 0 Å². The third-order valence-electron chi connectivity index (χ3n) is 8.47. The highest BCUT2D eigenvalue weighted by Crippen LogP contribution is 2.48. The second kappa shape index (κ2) is 14.0. The van der Waals surface area contributed by atoms with E-state index in [1.165, 1.54) is 5.57 Å². The number of oxime groups is 1. The molecule has 2 rings (SSSR count). The van der Waals surface area contributed by atoms with Crippen LogP contribution in [0.4, 0.5) is 0 Å². The molecule has 0 radical (unpaired) electrons. The minimum Gasteiger partial charge on any atom is -0.411 e. The predicted molar refractivity (Wildman–Crippen MR) is 144 cm³/mol. The van der Waals surface area contributed by atoms with Crippen LogP contribution in [0.15, 0.2) is 17.3 Å². The van der Waals surface area contributed by atoms with Crippen molar-refractivity contribution < 1.29 is 24.2 Å². The highest BCUT2D eigenvalue weighted by Gasteiger charge is 2.61. The molecule has 0 saturated carbocycles. The summed E-state index contributed by atoms with van der Waals surface area (Å²) in [6.45, 7) is 16.6. The van der Waals surface area contributed by atoms with E-state index in [2.05, 4.69) is 65.3 Å². The van der Waals surface area contributed by atoms with Crippen molar-refractivity contribution in [3.05, 3.63) is 12.2 Å². The molecule has 2 aliphatic rings. The lowest BCUT2D eigenvalue weighted by Gasteiger charge is -2.38. The molecular weight excluding hydrogens is 456 g/mol. The number of hydrogen-bond acceptors (Lipinski definition) is 7. The van der Waals surface area contributed by atoms with Crippen LogP contribution >= 0.6 is 0 Å². The summed E-state index contributed by atoms with van der Waals surface area (Å²) in [6, 6.07) is 0.400. The Hall–Kier alpha value is -1.28. The molecule has 0 amide bonds. The first-order valence-corrected chi connectivity index (χ1v) is 14.0. The third-order valence-corrected chi connectivity index (χ3v) is 8.47. The van der Waals surface area contributed by atoms with Gasteiger partial charge in [0.2, 0.25) is 0 Å². The van der Waals surface area contributed by atoms with Crippen molar-refractivity contribution in [3.8, 4) is 0 Å². The molecule has 36 heavy (non-hydrogen) atoms. The molecule has 2 saturated heterocycles. The van der Waals surface area contributed by atoms with Crippen LogP contribution in [0.3, 0.4) is 0 Å². The zero-order valence-electron chi connectivity index (χ0n) is 24.0. The van der Waals surface area contributed by atoms with E-state index in [-0.39, 0.29) is 42.4 Å². The molecule has 0 aliphatic carbocycles. The van der Waals surface area contributed by atoms with Crippen molar-refractivity contribution >= 4 is 12.0 Å². The van der Waals surface area contributed by atoms with Gasteiger partial charge in [-0.05, 0) is 78.8 Å². The first kappa shape index (κ1) is 30.9. The summed E-state index contributed by atoms with van der Waals surface area (Å²) in [4.78, 5) is 13.5. The van der Waals surface area contributed by atoms with Crippen LogP contribution in [-0.4, -0.2) is 72.4 Å². The number of hydrogen-bond donors (Lipinski definition) is 1. The maximum Gasteiger partial charge on any atom is 0.159 e. The van der Waals surface area contributed by atoms with E-state index in [4.69, 9.17) is 14.2 Å². The molecule has 0 aromatic rings. The number of allylic oxidation sites excluding steroid dienone is 1. The number of aldehydes is 1. The fourth-order valence-corrected chi connectivity index (χ4v) is 5.48. The minimum atomic E-state index is -0.487. The van der Waals surface area contributed by atoms with Crippen molar-refractivity contribution in [3.63, 3.8) is 0 Å². The van der Waals surface area contributed by atoms with Crippen LogP contribution in [0.5, 0.6) is 0 Å². The van der Waals surface area contributed by atoms with Gasteiger partial charge < -0.3 is 29.1 Å². The average Bonchev–Trinajstić information content (AvgIpc) is 3.53. The van der Waals surface area contributed by atoms with E-state index < -0.39 is 5.60 Å². The van der Waals surface area contributed by atoms with E-state index in [1.807, 2.05) is 6.92 Å². The molecule has 2 heterocycles. The number of epoxide rings is 1. The normalized spacial score (nSPS) is 32.1. The predicted octanol–water partition coefficient (Wildman–Crippen LogP) is 5.84. The molecule has 0 spiro atoms. The zero-order chi connectivity index (χ0) is 27.0. The highest BCUT2D eigenvalue weighted by molar-refractivity contribution is 5.89. The van der Waals surface area contributed by atoms with E-state index in [9.17, 15) is 10.0 Å². The Morgan fingerprint density at radius 1 is 1.25 bits per heavy atom. The molecule has 7 unspecified atom stereocenters. The molecule has 208 valence electrons. The molecular formula is C29H52N2O5. The van der Waals surface area contributed by atoms with Crippen molar-refractivity contribution in [2.24, 2.45) is 22.9 Å². The lowest BCUT2D eigenvalue weighted by molar-refractivity contribution is -0.225. The van der Waals surface area contributed by atoms with Gasteiger partial charge in [-0.1, -0.05) is 45.0 Å². The van der Waals surface area contributed by atoms with Crippen molar-refractivity contribution in [1.82, 2.24) is 4.90 Å². The van der Waals surface area contributed by atoms with Gasteiger partial charge in [-0.2, -0.15) is 0 Å². The van der Waals surface area contributed by atoms with Crippen LogP contribution in [0.1, 0.15) is 92.9 Å². The molecule has 0 bridgehead atoms. The Morgan fingerprint density at radius 3 is 2.53 bits per heavy atom. The SMILES string of the molecule is C=C(CC)CCCC(C)/C(=N/O)[C@H](C)C1(C)OC1[C@@H](CCC(C)C=O)OC1CC(N(C)C)CC(C)O1. The molecule has 2 aliphatic heterocycles. The summed E-state index contributed by atoms with van der Waals surface area (Å²) in [5, 5.41) is 13.7. The average molecular weight is 509 g/mol. The fraction of sp³-hybridized carbons (Fsp3) is 0.862. The smallest absolute Gasteiger partial charge is 0.159 e. The second-order valence-corrected chi connectivity index (χ2v) is 11.7. The fourth-order valence-electron chi connectivity index (χ4n) is 5.48. The van der Waals surface area contributed by atoms with Crippen LogP contribution in [0.2, 0.25) is 0 Å². The monoisotopic (exact) mass is 508 g/mol. The quantitative estimate of drug-likeness (QED) is 0.0704. The van der Waals surface area contributed by atoms with Gasteiger partial charge in [0.1, 0.15) is 18.0 Å². The summed E-state index contributed by atoms with van der Waals surface area (Å²) in [6.07, 6.45) is 7.69. The summed E-state index contributed by atoms with van der Waals surface area (Å²) in [5.41, 5.74) is 1.55. The van der Waals surface area contributed by atoms with E-state index in [0.717, 1.165) is 56.9 Å². The molecule has 7 nitrogen and oxygen atoms in total. The van der Waals surface area contributed by atoms with Crippen LogP contribution in [0.25, 0.3) is 0 Å². The Bertz CT molecular complexity index is 741. The lowest BCUT2D eigenvalue weighted by atomic mass is 9.80. The van der Waals surface area contributed by atoms with Gasteiger partial charge in [0.05, 0.1) is 17.9 Å². The summed E-state index contributed by atoms with van der Waals surface area (Å²) >= 11 is 0. The van der Waals surface area contributed by atoms with Crippen LogP contribution in [-0.2, 0) is 19.0 Å². The van der Waals surface area contributed by atoms with Gasteiger partial charge in [-0.3, -0.25) is 0 Å². The van der Waals surface area contributed by atoms with Crippen molar-refractivity contribution in [1.29, 1.82) is 0 Å². The van der Waals surface area contributed by atoms with Gasteiger partial charge in [0.25, 0.3) is 0 Å². The van der Waals surface area contributed by atoms with E-state index >= 15 is 0 Å². The first-order valence-electron chi connectivity index (χ1n) is 14.0. The number of ether oxygens (including phenoxy) is 3. The van der Waals surface area contributed by atoms with Crippen molar-refractivity contribution in [2.75, 3.05) is 14.1 Å². The zero-order valence-corrected chi connectivity index (χ0v) is 24.0. The third kappa shape index (κ3) is 8.37. The molecule has 9 atom stereocenters. The number of nitrogens with zero attached hydrogens (tertiary/aromatic N) is 2. The van der Waals surface area contributed by atoms with Gasteiger partial charge in [-0.25, -0.2) is 0 Å². The van der Waals surface area contributed by atoms with Gasteiger partial charge in [-0.15, -0.1) is 0 Å². The minimum absolute atomic E-state index is 0.0355. The number of rotatable bonds is 16. The molecule has 0 aromatic carbocycles. The highest BCUT2D eigenvalue weighted by atomic mass is 16.7. The van der Waals surface area contributed by atoms with E-state index in [1.54, 1.807) is 0 Å².